The van der Waals surface area contributed by atoms with Gasteiger partial charge in [-0.3, -0.25) is 0 Å². The highest BCUT2D eigenvalue weighted by atomic mass is 28.3. The fourth-order valence-corrected chi connectivity index (χ4v) is 6.30. The summed E-state index contributed by atoms with van der Waals surface area (Å²) in [6, 6.07) is 22.9. The minimum Gasteiger partial charge on any atom is -0.370 e. The van der Waals surface area contributed by atoms with Crippen molar-refractivity contribution < 1.29 is 4.74 Å². The molecule has 1 nitrogen and oxygen atoms in total. The minimum absolute atomic E-state index is 0.397. The smallest absolute Gasteiger partial charge is 0.0848 e. The largest absolute Gasteiger partial charge is 0.370 e. The second kappa shape index (κ2) is 7.08. The summed E-state index contributed by atoms with van der Waals surface area (Å²) in [7, 11) is -1.53. The van der Waals surface area contributed by atoms with E-state index < -0.39 is 8.07 Å². The molecule has 0 aromatic heterocycles. The monoisotopic (exact) mass is 336 g/mol. The molecule has 126 valence electrons. The molecule has 2 aromatic rings. The van der Waals surface area contributed by atoms with E-state index in [9.17, 15) is 0 Å². The lowest BCUT2D eigenvalue weighted by molar-refractivity contribution is 0.364. The molecule has 1 fully saturated rings. The summed E-state index contributed by atoms with van der Waals surface area (Å²) in [5, 5.41) is 1.51. The van der Waals surface area contributed by atoms with Crippen molar-refractivity contribution in [3.05, 3.63) is 78.4 Å². The fraction of sp³-hybridized carbons (Fsp3) is 0.364. The van der Waals surface area contributed by atoms with Crippen molar-refractivity contribution in [2.45, 2.75) is 50.6 Å². The van der Waals surface area contributed by atoms with Gasteiger partial charge in [0.25, 0.3) is 0 Å². The highest BCUT2D eigenvalue weighted by Crippen LogP contribution is 2.38. The van der Waals surface area contributed by atoms with Crippen molar-refractivity contribution in [2.24, 2.45) is 0 Å². The summed E-state index contributed by atoms with van der Waals surface area (Å²) in [4.78, 5) is 0. The Labute approximate surface area is 147 Å². The lowest BCUT2D eigenvalue weighted by Crippen LogP contribution is -2.41. The van der Waals surface area contributed by atoms with Gasteiger partial charge in [-0.2, -0.15) is 0 Å². The molecule has 0 saturated carbocycles. The van der Waals surface area contributed by atoms with Crippen molar-refractivity contribution in [3.63, 3.8) is 0 Å². The minimum atomic E-state index is -1.53. The van der Waals surface area contributed by atoms with Gasteiger partial charge in [0.05, 0.1) is 20.3 Å². The maximum atomic E-state index is 5.70. The van der Waals surface area contributed by atoms with Gasteiger partial charge in [0.2, 0.25) is 0 Å². The molecule has 24 heavy (non-hydrogen) atoms. The van der Waals surface area contributed by atoms with Gasteiger partial charge in [0.1, 0.15) is 0 Å². The Kier molecular flexibility index (Phi) is 5.07. The van der Waals surface area contributed by atoms with Crippen LogP contribution >= 0.6 is 0 Å². The Morgan fingerprint density at radius 3 is 2.12 bits per heavy atom. The third-order valence-electron chi connectivity index (χ3n) is 5.22. The van der Waals surface area contributed by atoms with E-state index in [0.29, 0.717) is 18.1 Å². The molecule has 1 aliphatic heterocycles. The highest BCUT2D eigenvalue weighted by Gasteiger charge is 2.38. The van der Waals surface area contributed by atoms with Gasteiger partial charge in [0.15, 0.2) is 0 Å². The first-order valence-corrected chi connectivity index (χ1v) is 12.1. The van der Waals surface area contributed by atoms with Crippen LogP contribution in [-0.4, -0.2) is 20.3 Å². The molecule has 3 atom stereocenters. The molecule has 3 rings (SSSR count). The number of benzene rings is 2. The van der Waals surface area contributed by atoms with Crippen LogP contribution in [0.25, 0.3) is 0 Å². The molecule has 1 aliphatic rings. The summed E-state index contributed by atoms with van der Waals surface area (Å²) in [5.74, 6) is 0.400. The second-order valence-electron chi connectivity index (χ2n) is 7.66. The van der Waals surface area contributed by atoms with E-state index in [2.05, 4.69) is 87.3 Å². The Bertz CT molecular complexity index is 678. The second-order valence-corrected chi connectivity index (χ2v) is 12.4. The van der Waals surface area contributed by atoms with E-state index in [1.54, 1.807) is 0 Å². The zero-order chi connectivity index (χ0) is 17.2. The quantitative estimate of drug-likeness (QED) is 0.388. The van der Waals surface area contributed by atoms with Crippen molar-refractivity contribution in [2.75, 3.05) is 0 Å². The molecule has 2 aromatic carbocycles. The van der Waals surface area contributed by atoms with Crippen LogP contribution in [0.15, 0.2) is 72.8 Å². The van der Waals surface area contributed by atoms with E-state index in [1.807, 2.05) is 0 Å². The van der Waals surface area contributed by atoms with Crippen molar-refractivity contribution in [1.82, 2.24) is 0 Å². The van der Waals surface area contributed by atoms with Crippen molar-refractivity contribution >= 4 is 13.3 Å². The number of allylic oxidation sites excluding steroid dienone is 1. The highest BCUT2D eigenvalue weighted by molar-refractivity contribution is 6.90. The maximum absolute atomic E-state index is 5.70. The number of ether oxygens (including phenoxy) is 1. The normalized spacial score (nSPS) is 21.3. The first kappa shape index (κ1) is 17.2. The molecule has 0 amide bonds. The Morgan fingerprint density at radius 1 is 1.04 bits per heavy atom. The molecule has 0 aliphatic carbocycles. The number of hydrogen-bond donors (Lipinski definition) is 0. The molecule has 1 heterocycles. The van der Waals surface area contributed by atoms with E-state index in [-0.39, 0.29) is 0 Å². The standard InChI is InChI=1S/C22H28OSi/c1-17(16-24(3,4)20-13-9-6-10-14-20)21(15-22-18(2)23-22)19-11-7-5-8-12-19/h5-14,18,21-22H,1,15-16H2,2-4H3. The fourth-order valence-electron chi connectivity index (χ4n) is 3.62. The van der Waals surface area contributed by atoms with Crippen molar-refractivity contribution in [3.8, 4) is 0 Å². The van der Waals surface area contributed by atoms with E-state index in [1.165, 1.54) is 16.3 Å². The summed E-state index contributed by atoms with van der Waals surface area (Å²) in [5.41, 5.74) is 2.74. The molecule has 1 saturated heterocycles. The van der Waals surface area contributed by atoms with Crippen LogP contribution in [0.3, 0.4) is 0 Å². The van der Waals surface area contributed by atoms with Gasteiger partial charge in [-0.05, 0) is 25.0 Å². The molecule has 2 heteroatoms. The lowest BCUT2D eigenvalue weighted by Gasteiger charge is -2.28. The van der Waals surface area contributed by atoms with Crippen LogP contribution in [0.1, 0.15) is 24.8 Å². The summed E-state index contributed by atoms with van der Waals surface area (Å²) in [6.45, 7) is 11.6. The van der Waals surface area contributed by atoms with Crippen LogP contribution in [0.4, 0.5) is 0 Å². The summed E-state index contributed by atoms with van der Waals surface area (Å²) < 4.78 is 5.70. The number of epoxide rings is 1. The molecular formula is C22H28OSi. The third-order valence-corrected chi connectivity index (χ3v) is 8.46. The zero-order valence-electron chi connectivity index (χ0n) is 15.0. The third kappa shape index (κ3) is 4.06. The maximum Gasteiger partial charge on any atom is 0.0848 e. The van der Waals surface area contributed by atoms with Gasteiger partial charge < -0.3 is 4.74 Å². The topological polar surface area (TPSA) is 12.5 Å². The van der Waals surface area contributed by atoms with E-state index >= 15 is 0 Å². The molecule has 3 unspecified atom stereocenters. The van der Waals surface area contributed by atoms with E-state index in [4.69, 9.17) is 4.74 Å². The molecule has 0 N–H and O–H groups in total. The number of hydrogen-bond acceptors (Lipinski definition) is 1. The number of rotatable bonds is 7. The molecule has 0 bridgehead atoms. The van der Waals surface area contributed by atoms with Gasteiger partial charge in [-0.25, -0.2) is 0 Å². The lowest BCUT2D eigenvalue weighted by atomic mass is 9.88. The zero-order valence-corrected chi connectivity index (χ0v) is 16.0. The Balaban J connectivity index is 1.78. The van der Waals surface area contributed by atoms with E-state index in [0.717, 1.165) is 12.5 Å². The van der Waals surface area contributed by atoms with Crippen molar-refractivity contribution in [1.29, 1.82) is 0 Å². The van der Waals surface area contributed by atoms with Crippen LogP contribution in [-0.2, 0) is 4.74 Å². The molecule has 0 radical (unpaired) electrons. The Hall–Kier alpha value is -1.64. The van der Waals surface area contributed by atoms with Gasteiger partial charge in [-0.1, -0.05) is 91.1 Å². The van der Waals surface area contributed by atoms with Crippen LogP contribution < -0.4 is 5.19 Å². The van der Waals surface area contributed by atoms with Crippen LogP contribution in [0.5, 0.6) is 0 Å². The van der Waals surface area contributed by atoms with Gasteiger partial charge >= 0.3 is 0 Å². The van der Waals surface area contributed by atoms with Crippen LogP contribution in [0.2, 0.25) is 19.1 Å². The SMILES string of the molecule is C=C(C[Si](C)(C)c1ccccc1)C(CC1OC1C)c1ccccc1. The molecular weight excluding hydrogens is 308 g/mol. The van der Waals surface area contributed by atoms with Crippen LogP contribution in [0, 0.1) is 0 Å². The average Bonchev–Trinajstić information content (AvgIpc) is 3.29. The van der Waals surface area contributed by atoms with Gasteiger partial charge in [-0.15, -0.1) is 0 Å². The first-order chi connectivity index (χ1) is 11.5. The summed E-state index contributed by atoms with van der Waals surface area (Å²) in [6.07, 6.45) is 1.86. The summed E-state index contributed by atoms with van der Waals surface area (Å²) >= 11 is 0. The first-order valence-electron chi connectivity index (χ1n) is 8.91. The predicted octanol–water partition coefficient (Wildman–Crippen LogP) is 5.12. The Morgan fingerprint density at radius 2 is 1.58 bits per heavy atom. The average molecular weight is 337 g/mol. The van der Waals surface area contributed by atoms with Gasteiger partial charge in [0, 0.05) is 5.92 Å². The predicted molar refractivity (Wildman–Crippen MR) is 106 cm³/mol. The molecule has 0 spiro atoms.